The van der Waals surface area contributed by atoms with Crippen molar-refractivity contribution in [3.05, 3.63) is 28.3 Å². The minimum absolute atomic E-state index is 0.0676. The van der Waals surface area contributed by atoms with E-state index in [0.717, 1.165) is 5.56 Å². The van der Waals surface area contributed by atoms with Gasteiger partial charge in [0.1, 0.15) is 5.75 Å². The van der Waals surface area contributed by atoms with Crippen LogP contribution in [0.25, 0.3) is 10.9 Å². The lowest BCUT2D eigenvalue weighted by molar-refractivity contribution is -0.142. The highest BCUT2D eigenvalue weighted by atomic mass is 35.5. The summed E-state index contributed by atoms with van der Waals surface area (Å²) in [6.07, 6.45) is 0.399. The fraction of sp³-hybridized carbons (Fsp3) is 0.333. The highest BCUT2D eigenvalue weighted by Crippen LogP contribution is 2.37. The number of carbonyl (C=O) groups excluding carboxylic acids is 1. The van der Waals surface area contributed by atoms with Crippen molar-refractivity contribution in [1.82, 2.24) is 4.98 Å². The van der Waals surface area contributed by atoms with E-state index in [1.54, 1.807) is 19.1 Å². The van der Waals surface area contributed by atoms with Crippen LogP contribution in [0.3, 0.4) is 0 Å². The Morgan fingerprint density at radius 1 is 1.33 bits per heavy atom. The Labute approximate surface area is 127 Å². The van der Waals surface area contributed by atoms with Crippen molar-refractivity contribution >= 4 is 28.5 Å². The van der Waals surface area contributed by atoms with Crippen LogP contribution in [0.1, 0.15) is 25.0 Å². The van der Waals surface area contributed by atoms with Gasteiger partial charge in [0.15, 0.2) is 0 Å². The normalized spacial score (nSPS) is 10.8. The molecule has 0 aliphatic rings. The second kappa shape index (κ2) is 6.18. The van der Waals surface area contributed by atoms with E-state index < -0.39 is 11.8 Å². The smallest absolute Gasteiger partial charge is 0.310 e. The van der Waals surface area contributed by atoms with E-state index in [0.29, 0.717) is 22.3 Å². The maximum absolute atomic E-state index is 11.6. The number of esters is 1. The summed E-state index contributed by atoms with van der Waals surface area (Å²) >= 11 is 6.00. The first-order valence-electron chi connectivity index (χ1n) is 6.66. The molecule has 2 N–H and O–H groups in total. The molecule has 0 aliphatic heterocycles. The number of rotatable bonds is 4. The minimum atomic E-state index is -0.531. The SMILES string of the molecule is CCOC(=O)Cc1c(O)nc2cc(Cl)cc(CC)c2c1O. The second-order valence-corrected chi connectivity index (χ2v) is 4.99. The molecule has 1 aromatic carbocycles. The Hall–Kier alpha value is -2.01. The number of carbonyl (C=O) groups is 1. The number of ether oxygens (including phenoxy) is 1. The standard InChI is InChI=1S/C15H16ClNO4/c1-3-8-5-9(16)6-11-13(8)14(19)10(15(20)17-11)7-12(18)21-4-2/h5-6H,3-4,7H2,1-2H3,(H2,17,19,20). The molecule has 5 nitrogen and oxygen atoms in total. The van der Waals surface area contributed by atoms with Crippen LogP contribution in [0.15, 0.2) is 12.1 Å². The lowest BCUT2D eigenvalue weighted by Gasteiger charge is -2.12. The maximum atomic E-state index is 11.6. The number of hydrogen-bond donors (Lipinski definition) is 2. The molecule has 0 radical (unpaired) electrons. The summed E-state index contributed by atoms with van der Waals surface area (Å²) in [6.45, 7) is 3.84. The molecule has 1 heterocycles. The number of aromatic nitrogens is 1. The molecule has 0 unspecified atom stereocenters. The van der Waals surface area contributed by atoms with Crippen molar-refractivity contribution in [1.29, 1.82) is 0 Å². The Balaban J connectivity index is 2.63. The van der Waals surface area contributed by atoms with Gasteiger partial charge in [-0.25, -0.2) is 4.98 Å². The van der Waals surface area contributed by atoms with Crippen LogP contribution in [0.2, 0.25) is 5.02 Å². The van der Waals surface area contributed by atoms with Gasteiger partial charge in [0.25, 0.3) is 0 Å². The molecule has 2 aromatic rings. The summed E-state index contributed by atoms with van der Waals surface area (Å²) in [6, 6.07) is 3.29. The molecule has 0 amide bonds. The second-order valence-electron chi connectivity index (χ2n) is 4.56. The molecular weight excluding hydrogens is 294 g/mol. The van der Waals surface area contributed by atoms with Crippen LogP contribution >= 0.6 is 11.6 Å². The third kappa shape index (κ3) is 3.03. The molecule has 0 saturated carbocycles. The van der Waals surface area contributed by atoms with E-state index in [2.05, 4.69) is 4.98 Å². The molecular formula is C15H16ClNO4. The number of fused-ring (bicyclic) bond motifs is 1. The molecule has 6 heteroatoms. The fourth-order valence-corrected chi connectivity index (χ4v) is 2.48. The third-order valence-corrected chi connectivity index (χ3v) is 3.41. The van der Waals surface area contributed by atoms with Gasteiger partial charge < -0.3 is 14.9 Å². The molecule has 0 spiro atoms. The summed E-state index contributed by atoms with van der Waals surface area (Å²) in [7, 11) is 0. The highest BCUT2D eigenvalue weighted by molar-refractivity contribution is 6.31. The molecule has 0 atom stereocenters. The highest BCUT2D eigenvalue weighted by Gasteiger charge is 2.19. The average molecular weight is 310 g/mol. The summed E-state index contributed by atoms with van der Waals surface area (Å²) in [5.74, 6) is -1.08. The largest absolute Gasteiger partial charge is 0.507 e. The van der Waals surface area contributed by atoms with E-state index in [-0.39, 0.29) is 24.3 Å². The number of hydrogen-bond acceptors (Lipinski definition) is 5. The van der Waals surface area contributed by atoms with Gasteiger partial charge in [0.05, 0.1) is 24.1 Å². The van der Waals surface area contributed by atoms with Crippen LogP contribution < -0.4 is 0 Å². The van der Waals surface area contributed by atoms with Crippen LogP contribution in [0.4, 0.5) is 0 Å². The lowest BCUT2D eigenvalue weighted by atomic mass is 10.0. The number of pyridine rings is 1. The molecule has 0 saturated heterocycles. The third-order valence-electron chi connectivity index (χ3n) is 3.19. The summed E-state index contributed by atoms with van der Waals surface area (Å²) in [5.41, 5.74) is 1.26. The van der Waals surface area contributed by atoms with Gasteiger partial charge in [-0.05, 0) is 31.0 Å². The van der Waals surface area contributed by atoms with Crippen LogP contribution in [0, 0.1) is 0 Å². The molecule has 112 valence electrons. The van der Waals surface area contributed by atoms with Crippen LogP contribution in [-0.4, -0.2) is 27.8 Å². The van der Waals surface area contributed by atoms with Gasteiger partial charge in [0.2, 0.25) is 5.88 Å². The van der Waals surface area contributed by atoms with Gasteiger partial charge in [-0.2, -0.15) is 0 Å². The van der Waals surface area contributed by atoms with Crippen molar-refractivity contribution in [3.8, 4) is 11.6 Å². The predicted octanol–water partition coefficient (Wildman–Crippen LogP) is 2.97. The van der Waals surface area contributed by atoms with Crippen molar-refractivity contribution in [3.63, 3.8) is 0 Å². The topological polar surface area (TPSA) is 79.7 Å². The van der Waals surface area contributed by atoms with Gasteiger partial charge in [0, 0.05) is 10.4 Å². The molecule has 2 rings (SSSR count). The van der Waals surface area contributed by atoms with Crippen molar-refractivity contribution in [2.45, 2.75) is 26.7 Å². The number of benzene rings is 1. The van der Waals surface area contributed by atoms with E-state index in [1.165, 1.54) is 0 Å². The molecule has 0 aliphatic carbocycles. The molecule has 0 bridgehead atoms. The Bertz CT molecular complexity index is 700. The zero-order valence-electron chi connectivity index (χ0n) is 11.8. The lowest BCUT2D eigenvalue weighted by Crippen LogP contribution is -2.08. The van der Waals surface area contributed by atoms with E-state index >= 15 is 0 Å². The van der Waals surface area contributed by atoms with E-state index in [4.69, 9.17) is 16.3 Å². The number of nitrogens with zero attached hydrogens (tertiary/aromatic N) is 1. The zero-order chi connectivity index (χ0) is 15.6. The maximum Gasteiger partial charge on any atom is 0.310 e. The first kappa shape index (κ1) is 15.4. The first-order valence-corrected chi connectivity index (χ1v) is 7.04. The summed E-state index contributed by atoms with van der Waals surface area (Å²) < 4.78 is 4.83. The van der Waals surface area contributed by atoms with Crippen molar-refractivity contribution < 1.29 is 19.7 Å². The molecule has 1 aromatic heterocycles. The first-order chi connectivity index (χ1) is 9.97. The number of aryl methyl sites for hydroxylation is 1. The van der Waals surface area contributed by atoms with E-state index in [9.17, 15) is 15.0 Å². The van der Waals surface area contributed by atoms with Crippen molar-refractivity contribution in [2.24, 2.45) is 0 Å². The van der Waals surface area contributed by atoms with Crippen LogP contribution in [0.5, 0.6) is 11.6 Å². The quantitative estimate of drug-likeness (QED) is 0.849. The summed E-state index contributed by atoms with van der Waals surface area (Å²) in [5, 5.41) is 21.3. The summed E-state index contributed by atoms with van der Waals surface area (Å²) in [4.78, 5) is 15.6. The van der Waals surface area contributed by atoms with Gasteiger partial charge in [-0.3, -0.25) is 4.79 Å². The van der Waals surface area contributed by atoms with Gasteiger partial charge in [-0.1, -0.05) is 18.5 Å². The molecule has 0 fully saturated rings. The van der Waals surface area contributed by atoms with Crippen molar-refractivity contribution in [2.75, 3.05) is 6.61 Å². The Morgan fingerprint density at radius 2 is 2.05 bits per heavy atom. The Kier molecular flexibility index (Phi) is 4.53. The minimum Gasteiger partial charge on any atom is -0.507 e. The fourth-order valence-electron chi connectivity index (χ4n) is 2.25. The van der Waals surface area contributed by atoms with E-state index in [1.807, 2.05) is 6.92 Å². The number of halogens is 1. The van der Waals surface area contributed by atoms with Crippen LogP contribution in [-0.2, 0) is 22.4 Å². The monoisotopic (exact) mass is 309 g/mol. The predicted molar refractivity (Wildman–Crippen MR) is 79.8 cm³/mol. The molecule has 21 heavy (non-hydrogen) atoms. The zero-order valence-corrected chi connectivity index (χ0v) is 12.6. The van der Waals surface area contributed by atoms with Gasteiger partial charge >= 0.3 is 5.97 Å². The Morgan fingerprint density at radius 3 is 2.67 bits per heavy atom. The average Bonchev–Trinajstić information content (AvgIpc) is 2.42. The van der Waals surface area contributed by atoms with Gasteiger partial charge in [-0.15, -0.1) is 0 Å². The number of aromatic hydroxyl groups is 2.